The lowest BCUT2D eigenvalue weighted by Gasteiger charge is -2.17. The summed E-state index contributed by atoms with van der Waals surface area (Å²) in [6.45, 7) is 3.81. The molecule has 0 fully saturated rings. The summed E-state index contributed by atoms with van der Waals surface area (Å²) in [5.74, 6) is -1.58. The summed E-state index contributed by atoms with van der Waals surface area (Å²) in [4.78, 5) is 47.8. The molecule has 3 amide bonds. The zero-order chi connectivity index (χ0) is 17.9. The highest BCUT2D eigenvalue weighted by molar-refractivity contribution is 6.23. The zero-order valence-electron chi connectivity index (χ0n) is 13.6. The van der Waals surface area contributed by atoms with Crippen LogP contribution in [-0.4, -0.2) is 40.1 Å². The van der Waals surface area contributed by atoms with Crippen molar-refractivity contribution in [2.75, 3.05) is 6.54 Å². The molecule has 0 unspecified atom stereocenters. The van der Waals surface area contributed by atoms with Crippen LogP contribution >= 0.6 is 0 Å². The van der Waals surface area contributed by atoms with Gasteiger partial charge in [0.05, 0.1) is 10.5 Å². The van der Waals surface area contributed by atoms with E-state index in [4.69, 9.17) is 0 Å². The third-order valence-electron chi connectivity index (χ3n) is 4.09. The van der Waals surface area contributed by atoms with E-state index in [-0.39, 0.29) is 36.0 Å². The summed E-state index contributed by atoms with van der Waals surface area (Å²) in [6, 6.07) is 3.99. The van der Waals surface area contributed by atoms with Crippen LogP contribution in [0, 0.1) is 10.1 Å². The molecule has 1 aliphatic heterocycles. The van der Waals surface area contributed by atoms with E-state index in [1.165, 1.54) is 18.2 Å². The van der Waals surface area contributed by atoms with Gasteiger partial charge in [0.2, 0.25) is 5.91 Å². The number of carbonyl (C=O) groups excluding carboxylic acids is 3. The number of imide groups is 1. The van der Waals surface area contributed by atoms with Gasteiger partial charge in [-0.25, -0.2) is 0 Å². The van der Waals surface area contributed by atoms with Gasteiger partial charge in [0.1, 0.15) is 5.56 Å². The lowest BCUT2D eigenvalue weighted by atomic mass is 10.1. The van der Waals surface area contributed by atoms with Crippen LogP contribution in [0.1, 0.15) is 53.8 Å². The van der Waals surface area contributed by atoms with Crippen molar-refractivity contribution in [2.24, 2.45) is 0 Å². The number of benzene rings is 1. The van der Waals surface area contributed by atoms with Crippen molar-refractivity contribution in [3.05, 3.63) is 39.4 Å². The van der Waals surface area contributed by atoms with E-state index in [0.29, 0.717) is 0 Å². The minimum absolute atomic E-state index is 0.00889. The molecule has 24 heavy (non-hydrogen) atoms. The average Bonchev–Trinajstić information content (AvgIpc) is 2.81. The van der Waals surface area contributed by atoms with Crippen LogP contribution in [0.15, 0.2) is 18.2 Å². The molecule has 0 spiro atoms. The molecule has 8 nitrogen and oxygen atoms in total. The van der Waals surface area contributed by atoms with Crippen molar-refractivity contribution in [1.29, 1.82) is 0 Å². The second-order valence-corrected chi connectivity index (χ2v) is 5.55. The van der Waals surface area contributed by atoms with Gasteiger partial charge in [-0.15, -0.1) is 0 Å². The van der Waals surface area contributed by atoms with Crippen LogP contribution in [0.25, 0.3) is 0 Å². The van der Waals surface area contributed by atoms with Crippen molar-refractivity contribution in [3.63, 3.8) is 0 Å². The number of carbonyl (C=O) groups is 3. The fraction of sp³-hybridized carbons (Fsp3) is 0.438. The van der Waals surface area contributed by atoms with Gasteiger partial charge in [-0.1, -0.05) is 19.9 Å². The summed E-state index contributed by atoms with van der Waals surface area (Å²) >= 11 is 0. The normalized spacial score (nSPS) is 13.4. The maximum absolute atomic E-state index is 12.3. The lowest BCUT2D eigenvalue weighted by Crippen LogP contribution is -2.38. The Kier molecular flexibility index (Phi) is 5.28. The molecule has 0 aromatic heterocycles. The molecule has 128 valence electrons. The Morgan fingerprint density at radius 1 is 1.25 bits per heavy atom. The summed E-state index contributed by atoms with van der Waals surface area (Å²) in [7, 11) is 0. The fourth-order valence-electron chi connectivity index (χ4n) is 2.68. The lowest BCUT2D eigenvalue weighted by molar-refractivity contribution is -0.385. The van der Waals surface area contributed by atoms with E-state index >= 15 is 0 Å². The van der Waals surface area contributed by atoms with Crippen LogP contribution < -0.4 is 5.32 Å². The Morgan fingerprint density at radius 3 is 2.50 bits per heavy atom. The molecule has 8 heteroatoms. The van der Waals surface area contributed by atoms with Crippen molar-refractivity contribution >= 4 is 23.4 Å². The predicted molar refractivity (Wildman–Crippen MR) is 85.6 cm³/mol. The molecular weight excluding hydrogens is 314 g/mol. The van der Waals surface area contributed by atoms with Crippen LogP contribution in [0.4, 0.5) is 5.69 Å². The number of rotatable bonds is 7. The van der Waals surface area contributed by atoms with Gasteiger partial charge < -0.3 is 5.32 Å². The number of hydrogen-bond donors (Lipinski definition) is 1. The molecule has 0 bridgehead atoms. The Hall–Kier alpha value is -2.77. The number of fused-ring (bicyclic) bond motifs is 1. The molecule has 0 atom stereocenters. The van der Waals surface area contributed by atoms with E-state index in [9.17, 15) is 24.5 Å². The van der Waals surface area contributed by atoms with E-state index < -0.39 is 22.4 Å². The highest BCUT2D eigenvalue weighted by Crippen LogP contribution is 2.30. The van der Waals surface area contributed by atoms with Crippen molar-refractivity contribution in [1.82, 2.24) is 10.2 Å². The maximum atomic E-state index is 12.3. The Labute approximate surface area is 139 Å². The number of nitrogens with zero attached hydrogens (tertiary/aromatic N) is 2. The topological polar surface area (TPSA) is 110 Å². The van der Waals surface area contributed by atoms with E-state index in [2.05, 4.69) is 5.32 Å². The van der Waals surface area contributed by atoms with E-state index in [0.717, 1.165) is 17.7 Å². The third-order valence-corrected chi connectivity index (χ3v) is 4.09. The van der Waals surface area contributed by atoms with Gasteiger partial charge in [-0.3, -0.25) is 29.4 Å². The first-order valence-electron chi connectivity index (χ1n) is 7.83. The molecular formula is C16H19N3O5. The van der Waals surface area contributed by atoms with Gasteiger partial charge in [0.25, 0.3) is 17.5 Å². The monoisotopic (exact) mass is 333 g/mol. The zero-order valence-corrected chi connectivity index (χ0v) is 13.6. The number of nitro benzene ring substituents is 1. The van der Waals surface area contributed by atoms with Gasteiger partial charge in [-0.2, -0.15) is 0 Å². The van der Waals surface area contributed by atoms with Crippen LogP contribution in [0.5, 0.6) is 0 Å². The smallest absolute Gasteiger partial charge is 0.282 e. The molecule has 0 radical (unpaired) electrons. The minimum Gasteiger partial charge on any atom is -0.353 e. The quantitative estimate of drug-likeness (QED) is 0.465. The highest BCUT2D eigenvalue weighted by Gasteiger charge is 2.40. The summed E-state index contributed by atoms with van der Waals surface area (Å²) in [5.41, 5.74) is -0.586. The molecule has 0 aliphatic carbocycles. The predicted octanol–water partition coefficient (Wildman–Crippen LogP) is 1.89. The minimum atomic E-state index is -0.724. The van der Waals surface area contributed by atoms with Gasteiger partial charge >= 0.3 is 0 Å². The molecule has 1 aromatic rings. The first kappa shape index (κ1) is 17.6. The molecule has 0 saturated heterocycles. The third kappa shape index (κ3) is 3.27. The summed E-state index contributed by atoms with van der Waals surface area (Å²) in [5, 5.41) is 13.9. The van der Waals surface area contributed by atoms with Crippen LogP contribution in [0.2, 0.25) is 0 Å². The Morgan fingerprint density at radius 2 is 1.92 bits per heavy atom. The first-order chi connectivity index (χ1) is 11.4. The summed E-state index contributed by atoms with van der Waals surface area (Å²) < 4.78 is 0. The Balaban J connectivity index is 2.10. The molecule has 1 aliphatic rings. The van der Waals surface area contributed by atoms with Gasteiger partial charge in [0, 0.05) is 25.1 Å². The van der Waals surface area contributed by atoms with Crippen LogP contribution in [0.3, 0.4) is 0 Å². The second-order valence-electron chi connectivity index (χ2n) is 5.55. The molecule has 2 rings (SSSR count). The number of nitro groups is 1. The maximum Gasteiger partial charge on any atom is 0.282 e. The molecule has 1 aromatic carbocycles. The number of amides is 3. The van der Waals surface area contributed by atoms with Crippen molar-refractivity contribution in [3.8, 4) is 0 Å². The Bertz CT molecular complexity index is 697. The highest BCUT2D eigenvalue weighted by atomic mass is 16.6. The van der Waals surface area contributed by atoms with E-state index in [1.54, 1.807) is 0 Å². The van der Waals surface area contributed by atoms with Gasteiger partial charge in [0.15, 0.2) is 0 Å². The fourth-order valence-corrected chi connectivity index (χ4v) is 2.68. The SMILES string of the molecule is CCC(CC)NC(=O)CCN1C(=O)c2cccc([N+](=O)[O-])c2C1=O. The van der Waals surface area contributed by atoms with E-state index in [1.807, 2.05) is 13.8 Å². The van der Waals surface area contributed by atoms with Crippen molar-refractivity contribution < 1.29 is 19.3 Å². The molecule has 0 saturated carbocycles. The number of nitrogens with one attached hydrogen (secondary N) is 1. The molecule has 1 heterocycles. The van der Waals surface area contributed by atoms with Gasteiger partial charge in [-0.05, 0) is 18.9 Å². The average molecular weight is 333 g/mol. The second kappa shape index (κ2) is 7.20. The molecule has 1 N–H and O–H groups in total. The largest absolute Gasteiger partial charge is 0.353 e. The standard InChI is InChI=1S/C16H19N3O5/c1-3-10(4-2)17-13(20)8-9-18-15(21)11-6-5-7-12(19(23)24)14(11)16(18)22/h5-7,10H,3-4,8-9H2,1-2H3,(H,17,20). The number of hydrogen-bond acceptors (Lipinski definition) is 5. The first-order valence-corrected chi connectivity index (χ1v) is 7.83. The van der Waals surface area contributed by atoms with Crippen LogP contribution in [-0.2, 0) is 4.79 Å². The van der Waals surface area contributed by atoms with Crippen molar-refractivity contribution in [2.45, 2.75) is 39.2 Å². The summed E-state index contributed by atoms with van der Waals surface area (Å²) in [6.07, 6.45) is 1.55.